The van der Waals surface area contributed by atoms with Crippen molar-refractivity contribution in [1.29, 1.82) is 0 Å². The van der Waals surface area contributed by atoms with Gasteiger partial charge in [-0.05, 0) is 18.4 Å². The highest BCUT2D eigenvalue weighted by atomic mass is 32.2. The molecule has 0 spiro atoms. The molecule has 0 amide bonds. The zero-order chi connectivity index (χ0) is 17.6. The lowest BCUT2D eigenvalue weighted by molar-refractivity contribution is -0.387. The smallest absolute Gasteiger partial charge is 0.289 e. The summed E-state index contributed by atoms with van der Waals surface area (Å²) in [5.74, 6) is -0.269. The molecule has 1 aromatic rings. The number of nitro benzene ring substituents is 1. The Morgan fingerprint density at radius 2 is 1.96 bits per heavy atom. The van der Waals surface area contributed by atoms with Gasteiger partial charge >= 0.3 is 0 Å². The zero-order valence-corrected chi connectivity index (χ0v) is 13.9. The summed E-state index contributed by atoms with van der Waals surface area (Å²) in [6, 6.07) is 4.21. The first kappa shape index (κ1) is 19.0. The minimum absolute atomic E-state index is 0.0273. The molecule has 0 aliphatic rings. The van der Waals surface area contributed by atoms with Crippen LogP contribution in [0.25, 0.3) is 0 Å². The lowest BCUT2D eigenvalue weighted by Gasteiger charge is -2.29. The summed E-state index contributed by atoms with van der Waals surface area (Å²) in [6.45, 7) is 7.01. The fourth-order valence-corrected chi connectivity index (χ4v) is 4.03. The van der Waals surface area contributed by atoms with Gasteiger partial charge in [0, 0.05) is 12.6 Å². The summed E-state index contributed by atoms with van der Waals surface area (Å²) in [4.78, 5) is 21.3. The van der Waals surface area contributed by atoms with Crippen molar-refractivity contribution >= 4 is 22.0 Å². The van der Waals surface area contributed by atoms with E-state index >= 15 is 0 Å². The number of carbonyl (C=O) groups is 1. The second-order valence-corrected chi connectivity index (χ2v) is 7.15. The lowest BCUT2D eigenvalue weighted by atomic mass is 10.1. The fourth-order valence-electron chi connectivity index (χ4n) is 2.16. The first-order valence-electron chi connectivity index (χ1n) is 7.08. The molecular weight excluding hydrogens is 320 g/mol. The highest BCUT2D eigenvalue weighted by Gasteiger charge is 2.36. The number of aldehydes is 1. The molecule has 1 atom stereocenters. The molecule has 0 aliphatic heterocycles. The molecule has 1 aromatic carbocycles. The monoisotopic (exact) mass is 340 g/mol. The maximum Gasteiger partial charge on any atom is 0.289 e. The van der Waals surface area contributed by atoms with Crippen LogP contribution in [0.3, 0.4) is 0 Å². The molecule has 0 unspecified atom stereocenters. The third kappa shape index (κ3) is 4.23. The van der Waals surface area contributed by atoms with Crippen LogP contribution in [0.2, 0.25) is 0 Å². The lowest BCUT2D eigenvalue weighted by Crippen LogP contribution is -2.44. The Kier molecular flexibility index (Phi) is 6.59. The molecule has 23 heavy (non-hydrogen) atoms. The van der Waals surface area contributed by atoms with Crippen LogP contribution in [0.1, 0.15) is 20.3 Å². The normalized spacial score (nSPS) is 13.0. The largest absolute Gasteiger partial charge is 0.302 e. The van der Waals surface area contributed by atoms with E-state index in [1.165, 1.54) is 24.3 Å². The second kappa shape index (κ2) is 7.98. The Labute approximate surface area is 135 Å². The fraction of sp³-hybridized carbons (Fsp3) is 0.400. The summed E-state index contributed by atoms with van der Waals surface area (Å²) >= 11 is 0. The Morgan fingerprint density at radius 1 is 1.35 bits per heavy atom. The topological polar surface area (TPSA) is 97.6 Å². The molecule has 0 fully saturated rings. The molecule has 0 aromatic heterocycles. The summed E-state index contributed by atoms with van der Waals surface area (Å²) in [5, 5.41) is 11.1. The Hall–Kier alpha value is -2.06. The van der Waals surface area contributed by atoms with Crippen molar-refractivity contribution in [2.24, 2.45) is 5.92 Å². The molecule has 0 N–H and O–H groups in total. The SMILES string of the molecule is C=CCCN([C@H](C=O)C(C)C)S(=O)(=O)c1ccccc1[N+](=O)[O-]. The van der Waals surface area contributed by atoms with Crippen LogP contribution in [0.15, 0.2) is 41.8 Å². The van der Waals surface area contributed by atoms with Gasteiger partial charge < -0.3 is 4.79 Å². The van der Waals surface area contributed by atoms with Crippen molar-refractivity contribution in [3.8, 4) is 0 Å². The molecule has 0 radical (unpaired) electrons. The highest BCUT2D eigenvalue weighted by molar-refractivity contribution is 7.89. The van der Waals surface area contributed by atoms with Crippen molar-refractivity contribution < 1.29 is 18.1 Å². The van der Waals surface area contributed by atoms with Crippen LogP contribution in [-0.2, 0) is 14.8 Å². The first-order valence-corrected chi connectivity index (χ1v) is 8.52. The average molecular weight is 340 g/mol. The zero-order valence-electron chi connectivity index (χ0n) is 13.1. The summed E-state index contributed by atoms with van der Waals surface area (Å²) in [5.41, 5.74) is -0.510. The van der Waals surface area contributed by atoms with Gasteiger partial charge in [-0.2, -0.15) is 4.31 Å². The summed E-state index contributed by atoms with van der Waals surface area (Å²) in [6.07, 6.45) is 2.42. The Bertz CT molecular complexity index is 685. The van der Waals surface area contributed by atoms with E-state index in [0.29, 0.717) is 12.7 Å². The van der Waals surface area contributed by atoms with Crippen LogP contribution >= 0.6 is 0 Å². The third-order valence-corrected chi connectivity index (χ3v) is 5.30. The number of para-hydroxylation sites is 1. The van der Waals surface area contributed by atoms with E-state index in [1.807, 2.05) is 0 Å². The van der Waals surface area contributed by atoms with Crippen molar-refractivity contribution in [3.63, 3.8) is 0 Å². The predicted octanol–water partition coefficient (Wildman–Crippen LogP) is 2.39. The average Bonchev–Trinajstić information content (AvgIpc) is 2.50. The first-order chi connectivity index (χ1) is 10.8. The highest BCUT2D eigenvalue weighted by Crippen LogP contribution is 2.28. The van der Waals surface area contributed by atoms with Crippen LogP contribution in [0.5, 0.6) is 0 Å². The molecule has 0 aliphatic carbocycles. The molecule has 0 saturated carbocycles. The van der Waals surface area contributed by atoms with Gasteiger partial charge in [0.05, 0.1) is 11.0 Å². The Morgan fingerprint density at radius 3 is 2.43 bits per heavy atom. The minimum atomic E-state index is -4.19. The number of benzene rings is 1. The van der Waals surface area contributed by atoms with Crippen LogP contribution < -0.4 is 0 Å². The number of sulfonamides is 1. The molecule has 1 rings (SSSR count). The number of carbonyl (C=O) groups excluding carboxylic acids is 1. The summed E-state index contributed by atoms with van der Waals surface area (Å²) in [7, 11) is -4.19. The number of nitro groups is 1. The number of hydrogen-bond acceptors (Lipinski definition) is 5. The van der Waals surface area contributed by atoms with Gasteiger partial charge in [0.15, 0.2) is 4.90 Å². The van der Waals surface area contributed by atoms with Crippen molar-refractivity contribution in [3.05, 3.63) is 47.0 Å². The van der Waals surface area contributed by atoms with E-state index in [2.05, 4.69) is 6.58 Å². The van der Waals surface area contributed by atoms with E-state index < -0.39 is 31.6 Å². The number of hydrogen-bond donors (Lipinski definition) is 0. The standard InChI is InChI=1S/C15H20N2O5S/c1-4-5-10-16(14(11-18)12(2)3)23(21,22)15-9-7-6-8-13(15)17(19)20/h4,6-9,11-12,14H,1,5,10H2,2-3H3/t14-/m1/s1. The van der Waals surface area contributed by atoms with E-state index in [4.69, 9.17) is 0 Å². The van der Waals surface area contributed by atoms with Gasteiger partial charge in [-0.3, -0.25) is 10.1 Å². The number of rotatable bonds is 9. The van der Waals surface area contributed by atoms with Gasteiger partial charge in [-0.15, -0.1) is 6.58 Å². The molecular formula is C15H20N2O5S. The molecule has 0 saturated heterocycles. The quantitative estimate of drug-likeness (QED) is 0.297. The van der Waals surface area contributed by atoms with Crippen LogP contribution in [-0.4, -0.2) is 36.5 Å². The van der Waals surface area contributed by atoms with Gasteiger partial charge in [0.2, 0.25) is 0 Å². The van der Waals surface area contributed by atoms with Crippen molar-refractivity contribution in [1.82, 2.24) is 4.31 Å². The third-order valence-electron chi connectivity index (χ3n) is 3.36. The van der Waals surface area contributed by atoms with Crippen molar-refractivity contribution in [2.45, 2.75) is 31.2 Å². The minimum Gasteiger partial charge on any atom is -0.302 e. The second-order valence-electron chi connectivity index (χ2n) is 5.29. The van der Waals surface area contributed by atoms with E-state index in [9.17, 15) is 23.3 Å². The maximum atomic E-state index is 12.9. The molecule has 0 heterocycles. The van der Waals surface area contributed by atoms with Gasteiger partial charge in [-0.1, -0.05) is 32.1 Å². The molecule has 8 heteroatoms. The molecule has 0 bridgehead atoms. The van der Waals surface area contributed by atoms with Crippen molar-refractivity contribution in [2.75, 3.05) is 6.54 Å². The number of nitrogens with zero attached hydrogens (tertiary/aromatic N) is 2. The molecule has 126 valence electrons. The Balaban J connectivity index is 3.47. The van der Waals surface area contributed by atoms with E-state index in [-0.39, 0.29) is 12.5 Å². The van der Waals surface area contributed by atoms with E-state index in [1.54, 1.807) is 13.8 Å². The van der Waals surface area contributed by atoms with Crippen LogP contribution in [0.4, 0.5) is 5.69 Å². The van der Waals surface area contributed by atoms with Gasteiger partial charge in [0.25, 0.3) is 15.7 Å². The molecule has 7 nitrogen and oxygen atoms in total. The summed E-state index contributed by atoms with van der Waals surface area (Å²) < 4.78 is 26.8. The predicted molar refractivity (Wildman–Crippen MR) is 86.5 cm³/mol. The van der Waals surface area contributed by atoms with Gasteiger partial charge in [-0.25, -0.2) is 8.42 Å². The maximum absolute atomic E-state index is 12.9. The van der Waals surface area contributed by atoms with Crippen LogP contribution in [0, 0.1) is 16.0 Å². The van der Waals surface area contributed by atoms with E-state index in [0.717, 1.165) is 10.4 Å². The van der Waals surface area contributed by atoms with Gasteiger partial charge in [0.1, 0.15) is 6.29 Å².